The van der Waals surface area contributed by atoms with E-state index in [1.807, 2.05) is 33.0 Å². The topological polar surface area (TPSA) is 49.0 Å². The van der Waals surface area contributed by atoms with E-state index in [0.717, 1.165) is 27.6 Å². The summed E-state index contributed by atoms with van der Waals surface area (Å²) in [4.78, 5) is 22.3. The molecule has 0 aliphatic carbocycles. The molecule has 4 nitrogen and oxygen atoms in total. The Morgan fingerprint density at radius 1 is 1.25 bits per heavy atom. The van der Waals surface area contributed by atoms with Gasteiger partial charge >= 0.3 is 0 Å². The van der Waals surface area contributed by atoms with Crippen LogP contribution in [0.25, 0.3) is 10.9 Å². The zero-order valence-corrected chi connectivity index (χ0v) is 14.8. The number of hydrogen-bond donors (Lipinski definition) is 1. The van der Waals surface area contributed by atoms with Gasteiger partial charge in [0.15, 0.2) is 0 Å². The molecule has 4 heteroatoms. The van der Waals surface area contributed by atoms with E-state index >= 15 is 0 Å². The van der Waals surface area contributed by atoms with Crippen LogP contribution in [-0.2, 0) is 0 Å². The predicted molar refractivity (Wildman–Crippen MR) is 97.3 cm³/mol. The zero-order valence-electron chi connectivity index (χ0n) is 14.8. The van der Waals surface area contributed by atoms with E-state index in [1.54, 1.807) is 17.3 Å². The van der Waals surface area contributed by atoms with Crippen LogP contribution in [0.2, 0.25) is 0 Å². The second-order valence-corrected chi connectivity index (χ2v) is 6.51. The van der Waals surface area contributed by atoms with Gasteiger partial charge in [-0.1, -0.05) is 17.7 Å². The highest BCUT2D eigenvalue weighted by Crippen LogP contribution is 2.28. The third-order valence-electron chi connectivity index (χ3n) is 4.79. The first-order valence-electron chi connectivity index (χ1n) is 8.16. The Morgan fingerprint density at radius 3 is 2.67 bits per heavy atom. The first-order chi connectivity index (χ1) is 11.4. The summed E-state index contributed by atoms with van der Waals surface area (Å²) in [6.45, 7) is 8.17. The lowest BCUT2D eigenvalue weighted by molar-refractivity contribution is 0.0736. The van der Waals surface area contributed by atoms with Crippen LogP contribution in [-0.4, -0.2) is 27.8 Å². The first kappa shape index (κ1) is 16.2. The predicted octanol–water partition coefficient (Wildman–Crippen LogP) is 4.32. The molecule has 2 aromatic heterocycles. The number of hydrogen-bond acceptors (Lipinski definition) is 2. The molecule has 0 aliphatic rings. The highest BCUT2D eigenvalue weighted by molar-refractivity contribution is 6.01. The number of aromatic amines is 1. The van der Waals surface area contributed by atoms with Crippen molar-refractivity contribution in [2.45, 2.75) is 33.7 Å². The minimum Gasteiger partial charge on any atom is -0.350 e. The summed E-state index contributed by atoms with van der Waals surface area (Å²) in [6.07, 6.45) is 3.55. The average Bonchev–Trinajstić information content (AvgIpc) is 2.91. The maximum Gasteiger partial charge on any atom is 0.270 e. The summed E-state index contributed by atoms with van der Waals surface area (Å²) in [5.74, 6) is -0.00268. The lowest BCUT2D eigenvalue weighted by atomic mass is 10.0. The summed E-state index contributed by atoms with van der Waals surface area (Å²) >= 11 is 0. The van der Waals surface area contributed by atoms with E-state index in [1.165, 1.54) is 5.56 Å². The second kappa shape index (κ2) is 6.11. The van der Waals surface area contributed by atoms with Gasteiger partial charge in [0.05, 0.1) is 6.04 Å². The smallest absolute Gasteiger partial charge is 0.270 e. The summed E-state index contributed by atoms with van der Waals surface area (Å²) < 4.78 is 0. The fourth-order valence-electron chi connectivity index (χ4n) is 3.20. The number of aromatic nitrogens is 2. The van der Waals surface area contributed by atoms with E-state index in [0.29, 0.717) is 5.69 Å². The van der Waals surface area contributed by atoms with Gasteiger partial charge in [-0.2, -0.15) is 0 Å². The van der Waals surface area contributed by atoms with E-state index in [9.17, 15) is 4.79 Å². The number of nitrogens with one attached hydrogen (secondary N) is 1. The van der Waals surface area contributed by atoms with Crippen LogP contribution in [0.15, 0.2) is 36.7 Å². The molecule has 0 spiro atoms. The molecular weight excluding hydrogens is 298 g/mol. The molecule has 0 radical (unpaired) electrons. The van der Waals surface area contributed by atoms with Crippen molar-refractivity contribution in [1.82, 2.24) is 14.9 Å². The molecule has 2 heterocycles. The van der Waals surface area contributed by atoms with Gasteiger partial charge in [-0.05, 0) is 56.5 Å². The number of H-pyrrole nitrogens is 1. The van der Waals surface area contributed by atoms with Crippen LogP contribution in [0.3, 0.4) is 0 Å². The van der Waals surface area contributed by atoms with Gasteiger partial charge in [-0.25, -0.2) is 0 Å². The van der Waals surface area contributed by atoms with Crippen LogP contribution in [0.4, 0.5) is 0 Å². The van der Waals surface area contributed by atoms with Gasteiger partial charge in [0, 0.05) is 30.3 Å². The standard InChI is InChI=1S/C20H23N3O/c1-12-9-13(2)18-17(10-12)14(3)19(22-18)20(24)23(5)15(4)16-7-6-8-21-11-16/h6-11,15,22H,1-5H3/t15-/m0/s1. The minimum absolute atomic E-state index is 0.00268. The van der Waals surface area contributed by atoms with E-state index in [-0.39, 0.29) is 11.9 Å². The first-order valence-corrected chi connectivity index (χ1v) is 8.16. The summed E-state index contributed by atoms with van der Waals surface area (Å²) in [6, 6.07) is 8.11. The average molecular weight is 321 g/mol. The maximum absolute atomic E-state index is 13.0. The number of aryl methyl sites for hydroxylation is 3. The maximum atomic E-state index is 13.0. The van der Waals surface area contributed by atoms with Crippen molar-refractivity contribution in [3.8, 4) is 0 Å². The Bertz CT molecular complexity index is 896. The molecule has 1 amide bonds. The van der Waals surface area contributed by atoms with Crippen molar-refractivity contribution < 1.29 is 4.79 Å². The Labute approximate surface area is 142 Å². The molecule has 3 rings (SSSR count). The lowest BCUT2D eigenvalue weighted by Crippen LogP contribution is -2.30. The van der Waals surface area contributed by atoms with Crippen molar-refractivity contribution >= 4 is 16.8 Å². The van der Waals surface area contributed by atoms with E-state index in [4.69, 9.17) is 0 Å². The molecule has 0 saturated carbocycles. The number of nitrogens with zero attached hydrogens (tertiary/aromatic N) is 2. The number of carbonyl (C=O) groups excluding carboxylic acids is 1. The Balaban J connectivity index is 1.99. The molecule has 0 aliphatic heterocycles. The van der Waals surface area contributed by atoms with Crippen molar-refractivity contribution in [2.24, 2.45) is 0 Å². The molecule has 0 unspecified atom stereocenters. The van der Waals surface area contributed by atoms with Crippen LogP contribution in [0, 0.1) is 20.8 Å². The Morgan fingerprint density at radius 2 is 2.00 bits per heavy atom. The highest BCUT2D eigenvalue weighted by atomic mass is 16.2. The molecule has 0 saturated heterocycles. The number of rotatable bonds is 3. The molecule has 1 N–H and O–H groups in total. The minimum atomic E-state index is -0.0418. The second-order valence-electron chi connectivity index (χ2n) is 6.51. The zero-order chi connectivity index (χ0) is 17.4. The van der Waals surface area contributed by atoms with Gasteiger partial charge in [-0.3, -0.25) is 9.78 Å². The third-order valence-corrected chi connectivity index (χ3v) is 4.79. The van der Waals surface area contributed by atoms with Crippen molar-refractivity contribution in [2.75, 3.05) is 7.05 Å². The number of carbonyl (C=O) groups is 1. The number of fused-ring (bicyclic) bond motifs is 1. The lowest BCUT2D eigenvalue weighted by Gasteiger charge is -2.25. The monoisotopic (exact) mass is 321 g/mol. The molecular formula is C20H23N3O. The fourth-order valence-corrected chi connectivity index (χ4v) is 3.20. The van der Waals surface area contributed by atoms with Crippen LogP contribution >= 0.6 is 0 Å². The Kier molecular flexibility index (Phi) is 4.14. The third kappa shape index (κ3) is 2.68. The normalized spacial score (nSPS) is 12.4. The molecule has 0 bridgehead atoms. The highest BCUT2D eigenvalue weighted by Gasteiger charge is 2.23. The van der Waals surface area contributed by atoms with Crippen molar-refractivity contribution in [1.29, 1.82) is 0 Å². The summed E-state index contributed by atoms with van der Waals surface area (Å²) in [7, 11) is 1.84. The van der Waals surface area contributed by atoms with E-state index in [2.05, 4.69) is 35.9 Å². The quantitative estimate of drug-likeness (QED) is 0.781. The molecule has 24 heavy (non-hydrogen) atoms. The largest absolute Gasteiger partial charge is 0.350 e. The van der Waals surface area contributed by atoms with Gasteiger partial charge < -0.3 is 9.88 Å². The SMILES string of the molecule is Cc1cc(C)c2[nH]c(C(=O)N(C)[C@@H](C)c3cccnc3)c(C)c2c1. The fraction of sp³-hybridized carbons (Fsp3) is 0.300. The van der Waals surface area contributed by atoms with Crippen LogP contribution in [0.1, 0.15) is 45.7 Å². The van der Waals surface area contributed by atoms with Gasteiger partial charge in [-0.15, -0.1) is 0 Å². The van der Waals surface area contributed by atoms with Crippen LogP contribution < -0.4 is 0 Å². The van der Waals surface area contributed by atoms with E-state index < -0.39 is 0 Å². The molecule has 0 fully saturated rings. The number of benzene rings is 1. The number of pyridine rings is 1. The Hall–Kier alpha value is -2.62. The summed E-state index contributed by atoms with van der Waals surface area (Å²) in [5, 5.41) is 1.12. The van der Waals surface area contributed by atoms with Gasteiger partial charge in [0.1, 0.15) is 5.69 Å². The molecule has 1 aromatic carbocycles. The van der Waals surface area contributed by atoms with Crippen molar-refractivity contribution in [3.63, 3.8) is 0 Å². The van der Waals surface area contributed by atoms with Crippen LogP contribution in [0.5, 0.6) is 0 Å². The van der Waals surface area contributed by atoms with Gasteiger partial charge in [0.25, 0.3) is 5.91 Å². The number of amides is 1. The molecule has 1 atom stereocenters. The summed E-state index contributed by atoms with van der Waals surface area (Å²) in [5.41, 5.74) is 6.11. The molecule has 124 valence electrons. The molecule has 3 aromatic rings. The van der Waals surface area contributed by atoms with Gasteiger partial charge in [0.2, 0.25) is 0 Å². The van der Waals surface area contributed by atoms with Crippen molar-refractivity contribution in [3.05, 3.63) is 64.6 Å².